The standard InChI is InChI=1S/C9H5ClN6OS.C7H6N4O.C2Cl2N2S/c10-8-9(13-18-12-8)17-7-3-1-6(2-4-7)16-5-11-14-15-16;12-7-3-1-6(2-4-7)11-5-8-9-10-11;3-1-2(4)6-7-5-1/h1-5H;1-5,12H;. The van der Waals surface area contributed by atoms with Crippen molar-refractivity contribution in [3.05, 3.63) is 76.6 Å². The molecule has 6 rings (SSSR count). The first-order valence-electron chi connectivity index (χ1n) is 9.65. The van der Waals surface area contributed by atoms with Crippen LogP contribution in [-0.2, 0) is 0 Å². The quantitative estimate of drug-likeness (QED) is 0.308. The summed E-state index contributed by atoms with van der Waals surface area (Å²) < 4.78 is 23.4. The van der Waals surface area contributed by atoms with Crippen molar-refractivity contribution >= 4 is 58.3 Å². The van der Waals surface area contributed by atoms with Gasteiger partial charge in [-0.1, -0.05) is 34.8 Å². The average molecular weight is 598 g/mol. The highest BCUT2D eigenvalue weighted by Gasteiger charge is 2.08. The molecule has 6 aromatic rings. The Bertz CT molecular complexity index is 1480. The Morgan fingerprint density at radius 1 is 0.649 bits per heavy atom. The summed E-state index contributed by atoms with van der Waals surface area (Å²) in [5.74, 6) is 1.14. The topological polar surface area (TPSA) is 168 Å². The van der Waals surface area contributed by atoms with E-state index in [1.165, 1.54) is 17.3 Å². The molecule has 0 atom stereocenters. The maximum Gasteiger partial charge on any atom is 0.270 e. The molecule has 0 saturated heterocycles. The first kappa shape index (κ1) is 26.2. The van der Waals surface area contributed by atoms with Gasteiger partial charge in [0.1, 0.15) is 24.2 Å². The highest BCUT2D eigenvalue weighted by atomic mass is 35.5. The molecule has 37 heavy (non-hydrogen) atoms. The molecule has 0 saturated carbocycles. The summed E-state index contributed by atoms with van der Waals surface area (Å²) in [6, 6.07) is 13.8. The lowest BCUT2D eigenvalue weighted by Gasteiger charge is -2.03. The molecule has 4 heterocycles. The van der Waals surface area contributed by atoms with Gasteiger partial charge in [0.2, 0.25) is 5.15 Å². The Morgan fingerprint density at radius 2 is 1.14 bits per heavy atom. The van der Waals surface area contributed by atoms with E-state index in [9.17, 15) is 0 Å². The predicted molar refractivity (Wildman–Crippen MR) is 135 cm³/mol. The second kappa shape index (κ2) is 12.9. The summed E-state index contributed by atoms with van der Waals surface area (Å²) in [6.45, 7) is 0. The van der Waals surface area contributed by atoms with Crippen molar-refractivity contribution < 1.29 is 9.84 Å². The number of benzene rings is 2. The van der Waals surface area contributed by atoms with Crippen molar-refractivity contribution in [1.82, 2.24) is 57.9 Å². The number of nitrogens with zero attached hydrogens (tertiary/aromatic N) is 12. The highest BCUT2D eigenvalue weighted by Crippen LogP contribution is 2.27. The SMILES string of the molecule is Clc1nsnc1Cl.Clc1nsnc1Oc1ccc(-n2cnnn2)cc1.Oc1ccc(-n2cnnn2)cc1. The fourth-order valence-electron chi connectivity index (χ4n) is 2.34. The molecule has 0 aliphatic rings. The summed E-state index contributed by atoms with van der Waals surface area (Å²) in [7, 11) is 0. The highest BCUT2D eigenvalue weighted by molar-refractivity contribution is 7.00. The Hall–Kier alpha value is -3.83. The summed E-state index contributed by atoms with van der Waals surface area (Å²) in [6.07, 6.45) is 3.00. The second-order valence-corrected chi connectivity index (χ2v) is 8.46. The molecule has 14 nitrogen and oxygen atoms in total. The van der Waals surface area contributed by atoms with Gasteiger partial charge in [0, 0.05) is 0 Å². The minimum Gasteiger partial charge on any atom is -0.508 e. The molecule has 2 aromatic carbocycles. The van der Waals surface area contributed by atoms with Crippen molar-refractivity contribution in [3.63, 3.8) is 0 Å². The van der Waals surface area contributed by atoms with E-state index in [0.29, 0.717) is 11.6 Å². The van der Waals surface area contributed by atoms with Crippen molar-refractivity contribution in [2.45, 2.75) is 0 Å². The van der Waals surface area contributed by atoms with Gasteiger partial charge < -0.3 is 9.84 Å². The zero-order valence-corrected chi connectivity index (χ0v) is 21.8. The summed E-state index contributed by atoms with van der Waals surface area (Å²) >= 11 is 18.4. The molecule has 4 aromatic heterocycles. The van der Waals surface area contributed by atoms with Crippen molar-refractivity contribution in [3.8, 4) is 28.8 Å². The number of phenolic OH excluding ortho intramolecular Hbond substituents is 1. The first-order chi connectivity index (χ1) is 18.0. The molecule has 0 spiro atoms. The maximum atomic E-state index is 8.99. The normalized spacial score (nSPS) is 10.1. The Kier molecular flexibility index (Phi) is 9.17. The molecule has 1 N–H and O–H groups in total. The number of phenols is 1. The van der Waals surface area contributed by atoms with Crippen LogP contribution >= 0.6 is 58.3 Å². The fraction of sp³-hybridized carbons (Fsp3) is 0. The van der Waals surface area contributed by atoms with Gasteiger partial charge in [-0.25, -0.2) is 9.36 Å². The lowest BCUT2D eigenvalue weighted by Crippen LogP contribution is -1.94. The molecular weight excluding hydrogens is 587 g/mol. The van der Waals surface area contributed by atoms with Crippen molar-refractivity contribution in [1.29, 1.82) is 0 Å². The number of aromatic hydroxyl groups is 1. The first-order valence-corrected chi connectivity index (χ1v) is 12.2. The van der Waals surface area contributed by atoms with Gasteiger partial charge in [-0.2, -0.15) is 13.1 Å². The lowest BCUT2D eigenvalue weighted by molar-refractivity contribution is 0.468. The smallest absolute Gasteiger partial charge is 0.270 e. The number of aromatic nitrogens is 12. The van der Waals surface area contributed by atoms with Crippen LogP contribution < -0.4 is 4.74 Å². The summed E-state index contributed by atoms with van der Waals surface area (Å²) in [5, 5.41) is 31.4. The average Bonchev–Trinajstić information content (AvgIpc) is 3.73. The molecule has 188 valence electrons. The molecule has 0 unspecified atom stereocenters. The molecular formula is C18H11Cl3N12O2S2. The van der Waals surface area contributed by atoms with E-state index in [-0.39, 0.29) is 21.2 Å². The molecule has 0 bridgehead atoms. The largest absolute Gasteiger partial charge is 0.508 e. The van der Waals surface area contributed by atoms with Gasteiger partial charge in [-0.3, -0.25) is 0 Å². The van der Waals surface area contributed by atoms with E-state index in [0.717, 1.165) is 34.8 Å². The number of rotatable bonds is 4. The number of hydrogen-bond donors (Lipinski definition) is 1. The molecule has 0 radical (unpaired) electrons. The van der Waals surface area contributed by atoms with E-state index in [2.05, 4.69) is 48.5 Å². The number of halogens is 3. The van der Waals surface area contributed by atoms with E-state index in [1.54, 1.807) is 41.1 Å². The minimum atomic E-state index is 0.229. The summed E-state index contributed by atoms with van der Waals surface area (Å²) in [5.41, 5.74) is 1.65. The van der Waals surface area contributed by atoms with Crippen LogP contribution in [0.3, 0.4) is 0 Å². The summed E-state index contributed by atoms with van der Waals surface area (Å²) in [4.78, 5) is 0. The van der Waals surface area contributed by atoms with Crippen LogP contribution in [0.4, 0.5) is 0 Å². The van der Waals surface area contributed by atoms with Crippen LogP contribution in [0.25, 0.3) is 11.4 Å². The fourth-order valence-corrected chi connectivity index (χ4v) is 3.68. The van der Waals surface area contributed by atoms with Crippen LogP contribution in [0.5, 0.6) is 17.4 Å². The van der Waals surface area contributed by atoms with Crippen molar-refractivity contribution in [2.75, 3.05) is 0 Å². The van der Waals surface area contributed by atoms with Gasteiger partial charge in [-0.15, -0.1) is 14.6 Å². The van der Waals surface area contributed by atoms with E-state index < -0.39 is 0 Å². The van der Waals surface area contributed by atoms with Crippen LogP contribution in [0.1, 0.15) is 0 Å². The van der Waals surface area contributed by atoms with Gasteiger partial charge in [-0.05, 0) is 69.4 Å². The van der Waals surface area contributed by atoms with E-state index >= 15 is 0 Å². The van der Waals surface area contributed by atoms with Crippen LogP contribution in [0.2, 0.25) is 15.5 Å². The van der Waals surface area contributed by atoms with Crippen LogP contribution in [-0.4, -0.2) is 63.0 Å². The third-order valence-electron chi connectivity index (χ3n) is 3.96. The lowest BCUT2D eigenvalue weighted by atomic mass is 10.3. The third kappa shape index (κ3) is 7.58. The predicted octanol–water partition coefficient (Wildman–Crippen LogP) is 4.17. The Labute approximate surface area is 230 Å². The zero-order chi connectivity index (χ0) is 26.0. The second-order valence-electron chi connectivity index (χ2n) is 6.33. The van der Waals surface area contributed by atoms with Crippen molar-refractivity contribution in [2.24, 2.45) is 0 Å². The monoisotopic (exact) mass is 596 g/mol. The van der Waals surface area contributed by atoms with E-state index in [1.807, 2.05) is 12.1 Å². The number of hydrogen-bond acceptors (Lipinski definition) is 14. The molecule has 0 fully saturated rings. The third-order valence-corrected chi connectivity index (χ3v) is 6.17. The zero-order valence-electron chi connectivity index (χ0n) is 17.9. The maximum absolute atomic E-state index is 8.99. The van der Waals surface area contributed by atoms with E-state index in [4.69, 9.17) is 44.6 Å². The van der Waals surface area contributed by atoms with Gasteiger partial charge in [0.05, 0.1) is 34.8 Å². The number of tetrazole rings is 2. The molecule has 0 aliphatic heterocycles. The minimum absolute atomic E-state index is 0.229. The molecule has 0 aliphatic carbocycles. The van der Waals surface area contributed by atoms with Gasteiger partial charge in [0.25, 0.3) is 5.88 Å². The number of ether oxygens (including phenoxy) is 1. The molecule has 19 heteroatoms. The molecule has 0 amide bonds. The van der Waals surface area contributed by atoms with Gasteiger partial charge >= 0.3 is 0 Å². The van der Waals surface area contributed by atoms with Crippen LogP contribution in [0.15, 0.2) is 61.2 Å². The van der Waals surface area contributed by atoms with Gasteiger partial charge in [0.15, 0.2) is 10.3 Å². The Morgan fingerprint density at radius 3 is 1.54 bits per heavy atom. The van der Waals surface area contributed by atoms with Crippen LogP contribution in [0, 0.1) is 0 Å². The Balaban J connectivity index is 0.000000144.